The lowest BCUT2D eigenvalue weighted by atomic mass is 9.71. The van der Waals surface area contributed by atoms with Gasteiger partial charge in [0.15, 0.2) is 11.5 Å². The van der Waals surface area contributed by atoms with Gasteiger partial charge in [-0.1, -0.05) is 18.2 Å². The van der Waals surface area contributed by atoms with Gasteiger partial charge in [-0.15, -0.1) is 0 Å². The molecule has 31 heavy (non-hydrogen) atoms. The summed E-state index contributed by atoms with van der Waals surface area (Å²) < 4.78 is 23.2. The van der Waals surface area contributed by atoms with E-state index in [4.69, 9.17) is 18.9 Å². The van der Waals surface area contributed by atoms with Gasteiger partial charge in [-0.05, 0) is 50.0 Å². The number of methoxy groups -OCH3 is 1. The molecule has 0 spiro atoms. The lowest BCUT2D eigenvalue weighted by Crippen LogP contribution is -2.56. The van der Waals surface area contributed by atoms with Gasteiger partial charge in [0.2, 0.25) is 6.29 Å². The third-order valence-electron chi connectivity index (χ3n) is 6.60. The second-order valence-corrected chi connectivity index (χ2v) is 8.56. The molecular weight excluding hydrogens is 402 g/mol. The molecule has 0 radical (unpaired) electrons. The van der Waals surface area contributed by atoms with Gasteiger partial charge in [0.05, 0.1) is 13.7 Å². The molecule has 2 aliphatic heterocycles. The highest BCUT2D eigenvalue weighted by molar-refractivity contribution is 5.66. The van der Waals surface area contributed by atoms with Crippen LogP contribution in [0.2, 0.25) is 0 Å². The average molecular weight is 434 g/mol. The molecule has 8 heteroatoms. The molecule has 170 valence electrons. The summed E-state index contributed by atoms with van der Waals surface area (Å²) in [5.74, 6) is 1.15. The number of carbonyl (C=O) groups excluding carboxylic acids is 1. The number of carbonyl (C=O) groups is 1. The lowest BCUT2D eigenvalue weighted by molar-refractivity contribution is -0.228. The predicted molar refractivity (Wildman–Crippen MR) is 112 cm³/mol. The fourth-order valence-corrected chi connectivity index (χ4v) is 5.03. The van der Waals surface area contributed by atoms with Crippen molar-refractivity contribution in [2.45, 2.75) is 50.4 Å². The monoisotopic (exact) mass is 433 g/mol. The molecule has 3 aliphatic rings. The van der Waals surface area contributed by atoms with Crippen LogP contribution in [0.15, 0.2) is 30.4 Å². The molecule has 7 atom stereocenters. The van der Waals surface area contributed by atoms with Crippen molar-refractivity contribution >= 4 is 5.97 Å². The van der Waals surface area contributed by atoms with Crippen LogP contribution in [0.1, 0.15) is 18.9 Å². The van der Waals surface area contributed by atoms with Crippen LogP contribution in [-0.2, 0) is 20.7 Å². The minimum Gasteiger partial charge on any atom is -0.493 e. The van der Waals surface area contributed by atoms with Crippen LogP contribution in [0.4, 0.5) is 0 Å². The summed E-state index contributed by atoms with van der Waals surface area (Å²) in [5.41, 5.74) is 1.18. The van der Waals surface area contributed by atoms with E-state index >= 15 is 0 Å². The molecule has 4 rings (SSSR count). The van der Waals surface area contributed by atoms with E-state index in [9.17, 15) is 15.0 Å². The first-order valence-electron chi connectivity index (χ1n) is 10.7. The summed E-state index contributed by atoms with van der Waals surface area (Å²) in [6, 6.07) is 6.34. The summed E-state index contributed by atoms with van der Waals surface area (Å²) in [4.78, 5) is 13.9. The zero-order valence-electron chi connectivity index (χ0n) is 18.1. The van der Waals surface area contributed by atoms with Crippen molar-refractivity contribution in [3.8, 4) is 11.5 Å². The van der Waals surface area contributed by atoms with Gasteiger partial charge in [0, 0.05) is 18.9 Å². The molecule has 0 saturated carbocycles. The zero-order valence-corrected chi connectivity index (χ0v) is 18.1. The Morgan fingerprint density at radius 3 is 2.87 bits per heavy atom. The van der Waals surface area contributed by atoms with Crippen molar-refractivity contribution in [1.29, 1.82) is 0 Å². The van der Waals surface area contributed by atoms with Crippen LogP contribution in [-0.4, -0.2) is 79.0 Å². The topological polar surface area (TPSA) is 97.7 Å². The van der Waals surface area contributed by atoms with Crippen LogP contribution in [0.5, 0.6) is 11.5 Å². The molecule has 0 aromatic heterocycles. The second kappa shape index (κ2) is 9.16. The number of nitrogens with zero attached hydrogens (tertiary/aromatic N) is 1. The van der Waals surface area contributed by atoms with Crippen molar-refractivity contribution in [2.24, 2.45) is 11.8 Å². The molecule has 2 heterocycles. The number of fused-ring (bicyclic) bond motifs is 2. The van der Waals surface area contributed by atoms with Crippen molar-refractivity contribution in [3.05, 3.63) is 35.9 Å². The SMILES string of the molecule is COc1ccc2cc1O[C@@H]1[C@H]3CCN(C)[C@H](C2)[C@@H]3C=C[C@@H]1OC(OC(C)=O)C(O)CO. The molecule has 0 amide bonds. The first kappa shape index (κ1) is 22.1. The summed E-state index contributed by atoms with van der Waals surface area (Å²) in [5, 5.41) is 19.5. The highest BCUT2D eigenvalue weighted by atomic mass is 16.7. The summed E-state index contributed by atoms with van der Waals surface area (Å²) in [7, 11) is 3.77. The Morgan fingerprint density at radius 2 is 2.16 bits per heavy atom. The first-order valence-corrected chi connectivity index (χ1v) is 10.7. The standard InChI is InChI=1S/C23H31NO7/c1-13(26)29-23(18(27)12-25)31-20-7-5-15-16-8-9-24(2)17(15)10-14-4-6-19(28-3)21(11-14)30-22(16)20/h4-7,11,15-18,20,22-23,25,27H,8-10,12H2,1-3H3/t15-,16+,17-,18?,20+,22-,23?/m1/s1. The van der Waals surface area contributed by atoms with E-state index in [0.717, 1.165) is 19.4 Å². The van der Waals surface area contributed by atoms with E-state index in [1.54, 1.807) is 7.11 Å². The van der Waals surface area contributed by atoms with Gasteiger partial charge in [0.1, 0.15) is 18.3 Å². The van der Waals surface area contributed by atoms with Crippen LogP contribution in [0.25, 0.3) is 0 Å². The molecule has 8 nitrogen and oxygen atoms in total. The maximum atomic E-state index is 11.5. The highest BCUT2D eigenvalue weighted by Crippen LogP contribution is 2.43. The predicted octanol–water partition coefficient (Wildman–Crippen LogP) is 1.13. The molecule has 2 N–H and O–H groups in total. The van der Waals surface area contributed by atoms with Gasteiger partial charge >= 0.3 is 5.97 Å². The maximum Gasteiger partial charge on any atom is 0.305 e. The van der Waals surface area contributed by atoms with Gasteiger partial charge in [-0.2, -0.15) is 0 Å². The third-order valence-corrected chi connectivity index (χ3v) is 6.60. The number of hydrogen-bond donors (Lipinski definition) is 2. The number of esters is 1. The van der Waals surface area contributed by atoms with E-state index in [1.165, 1.54) is 12.5 Å². The minimum absolute atomic E-state index is 0.180. The van der Waals surface area contributed by atoms with E-state index < -0.39 is 31.1 Å². The number of benzene rings is 1. The number of hydrogen-bond acceptors (Lipinski definition) is 8. The minimum atomic E-state index is -1.35. The molecule has 1 saturated heterocycles. The highest BCUT2D eigenvalue weighted by Gasteiger charge is 2.47. The molecule has 1 fully saturated rings. The summed E-state index contributed by atoms with van der Waals surface area (Å²) in [6.07, 6.45) is 2.34. The van der Waals surface area contributed by atoms with Crippen molar-refractivity contribution in [1.82, 2.24) is 4.90 Å². The molecule has 1 aromatic carbocycles. The van der Waals surface area contributed by atoms with Gasteiger partial charge < -0.3 is 34.1 Å². The fraction of sp³-hybridized carbons (Fsp3) is 0.609. The van der Waals surface area contributed by atoms with Crippen molar-refractivity contribution in [2.75, 3.05) is 27.3 Å². The number of aliphatic hydroxyl groups excluding tert-OH is 2. The maximum absolute atomic E-state index is 11.5. The fourth-order valence-electron chi connectivity index (χ4n) is 5.03. The van der Waals surface area contributed by atoms with E-state index in [1.807, 2.05) is 18.2 Å². The molecule has 1 aliphatic carbocycles. The average Bonchev–Trinajstić information content (AvgIpc) is 2.76. The van der Waals surface area contributed by atoms with Gasteiger partial charge in [-0.3, -0.25) is 4.79 Å². The Bertz CT molecular complexity index is 828. The quantitative estimate of drug-likeness (QED) is 0.392. The van der Waals surface area contributed by atoms with Crippen molar-refractivity contribution in [3.63, 3.8) is 0 Å². The Morgan fingerprint density at radius 1 is 1.35 bits per heavy atom. The molecule has 1 aromatic rings. The number of ether oxygens (including phenoxy) is 4. The smallest absolute Gasteiger partial charge is 0.305 e. The molecule has 6 bridgehead atoms. The number of aliphatic hydroxyl groups is 2. The second-order valence-electron chi connectivity index (χ2n) is 8.56. The van der Waals surface area contributed by atoms with E-state index in [0.29, 0.717) is 17.5 Å². The van der Waals surface area contributed by atoms with Crippen LogP contribution in [0.3, 0.4) is 0 Å². The summed E-state index contributed by atoms with van der Waals surface area (Å²) in [6.45, 7) is 1.59. The zero-order chi connectivity index (χ0) is 22.1. The van der Waals surface area contributed by atoms with Crippen LogP contribution in [0, 0.1) is 11.8 Å². The van der Waals surface area contributed by atoms with Crippen LogP contribution < -0.4 is 9.47 Å². The Labute approximate surface area is 182 Å². The van der Waals surface area contributed by atoms with E-state index in [-0.39, 0.29) is 17.9 Å². The Kier molecular flexibility index (Phi) is 6.52. The number of rotatable bonds is 6. The largest absolute Gasteiger partial charge is 0.493 e. The Hall–Kier alpha value is -2.13. The Balaban J connectivity index is 1.70. The number of likely N-dealkylation sites (tertiary alicyclic amines) is 1. The third kappa shape index (κ3) is 4.43. The van der Waals surface area contributed by atoms with Crippen LogP contribution >= 0.6 is 0 Å². The van der Waals surface area contributed by atoms with Crippen molar-refractivity contribution < 1.29 is 34.0 Å². The first-order chi connectivity index (χ1) is 14.9. The van der Waals surface area contributed by atoms with Gasteiger partial charge in [-0.25, -0.2) is 0 Å². The number of likely N-dealkylation sites (N-methyl/N-ethyl adjacent to an activating group) is 1. The molecule has 2 unspecified atom stereocenters. The number of piperidine rings is 1. The van der Waals surface area contributed by atoms with E-state index in [2.05, 4.69) is 24.1 Å². The lowest BCUT2D eigenvalue weighted by Gasteiger charge is -2.48. The van der Waals surface area contributed by atoms with Gasteiger partial charge in [0.25, 0.3) is 0 Å². The summed E-state index contributed by atoms with van der Waals surface area (Å²) >= 11 is 0. The normalized spacial score (nSPS) is 31.5. The molecular formula is C23H31NO7.